The summed E-state index contributed by atoms with van der Waals surface area (Å²) in [4.78, 5) is 4.79. The van der Waals surface area contributed by atoms with E-state index in [2.05, 4.69) is 62.1 Å². The maximum Gasteiger partial charge on any atom is 2.00 e. The largest absolute Gasteiger partial charge is 2.00 e. The predicted octanol–water partition coefficient (Wildman–Crippen LogP) is -2.53. The van der Waals surface area contributed by atoms with Crippen LogP contribution in [0, 0.1) is 5.92 Å². The summed E-state index contributed by atoms with van der Waals surface area (Å²) in [6.45, 7) is 6.77. The zero-order valence-corrected chi connectivity index (χ0v) is 17.3. The van der Waals surface area contributed by atoms with Gasteiger partial charge in [-0.15, -0.1) is 0 Å². The van der Waals surface area contributed by atoms with Crippen molar-refractivity contribution in [3.05, 3.63) is 58.9 Å². The Balaban J connectivity index is 0.00000133. The molecule has 0 aromatic rings. The second-order valence-electron chi connectivity index (χ2n) is 5.25. The second kappa shape index (κ2) is 8.53. The van der Waals surface area contributed by atoms with Gasteiger partial charge >= 0.3 is 26.2 Å². The van der Waals surface area contributed by atoms with Crippen LogP contribution in [0.25, 0.3) is 0 Å². The number of hydrogen-bond acceptors (Lipinski definition) is 1. The van der Waals surface area contributed by atoms with Gasteiger partial charge in [-0.25, -0.2) is 4.99 Å². The number of fused-ring (bicyclic) bond motifs is 1. The van der Waals surface area contributed by atoms with Crippen LogP contribution in [0.3, 0.4) is 0 Å². The van der Waals surface area contributed by atoms with Gasteiger partial charge < -0.3 is 24.8 Å². The molecular formula is C16H17Cl2NSiZr. The maximum atomic E-state index is 4.79. The maximum absolute atomic E-state index is 4.79. The average molecular weight is 414 g/mol. The molecule has 0 aromatic carbocycles. The van der Waals surface area contributed by atoms with Gasteiger partial charge in [0.1, 0.15) is 0 Å². The number of nitrogens with zero attached hydrogens (tertiary/aromatic N) is 1. The summed E-state index contributed by atoms with van der Waals surface area (Å²) in [5.74, 6) is 0.407. The van der Waals surface area contributed by atoms with Crippen molar-refractivity contribution in [2.45, 2.75) is 20.0 Å². The number of rotatable bonds is 2. The first-order valence-electron chi connectivity index (χ1n) is 6.38. The summed E-state index contributed by atoms with van der Waals surface area (Å²) in [7, 11) is -0.408. The minimum absolute atomic E-state index is 0. The molecule has 1 unspecified atom stereocenters. The number of allylic oxidation sites excluding steroid dienone is 8. The molecule has 0 saturated carbocycles. The molecule has 0 aromatic heterocycles. The first kappa shape index (κ1) is 20.9. The van der Waals surface area contributed by atoms with Crippen LogP contribution in [0.15, 0.2) is 63.9 Å². The van der Waals surface area contributed by atoms with Gasteiger partial charge in [-0.1, -0.05) is 54.7 Å². The van der Waals surface area contributed by atoms with Crippen molar-refractivity contribution in [3.63, 3.8) is 0 Å². The molecule has 0 amide bonds. The molecule has 1 heterocycles. The van der Waals surface area contributed by atoms with E-state index in [1.54, 1.807) is 0 Å². The molecule has 1 nitrogen and oxygen atoms in total. The summed E-state index contributed by atoms with van der Waals surface area (Å²) < 4.78 is 0. The molecule has 0 radical (unpaired) electrons. The molecule has 1 atom stereocenters. The fourth-order valence-corrected chi connectivity index (χ4v) is 3.39. The van der Waals surface area contributed by atoms with Crippen molar-refractivity contribution >= 4 is 19.8 Å². The van der Waals surface area contributed by atoms with Gasteiger partial charge in [0.25, 0.3) is 0 Å². The van der Waals surface area contributed by atoms with Crippen molar-refractivity contribution in [2.75, 3.05) is 0 Å². The summed E-state index contributed by atoms with van der Waals surface area (Å²) >= 11 is 0. The van der Waals surface area contributed by atoms with Crippen LogP contribution in [0.4, 0.5) is 0 Å². The molecule has 0 spiro atoms. The third kappa shape index (κ3) is 4.22. The zero-order chi connectivity index (χ0) is 12.7. The van der Waals surface area contributed by atoms with Crippen LogP contribution >= 0.6 is 0 Å². The van der Waals surface area contributed by atoms with Crippen LogP contribution in [0.1, 0.15) is 6.92 Å². The fourth-order valence-electron chi connectivity index (χ4n) is 2.63. The molecule has 2 aliphatic carbocycles. The van der Waals surface area contributed by atoms with Crippen molar-refractivity contribution < 1.29 is 51.0 Å². The molecule has 0 N–H and O–H groups in total. The molecule has 0 saturated heterocycles. The molecule has 5 heteroatoms. The molecule has 21 heavy (non-hydrogen) atoms. The average Bonchev–Trinajstić information content (AvgIpc) is 2.92. The Labute approximate surface area is 159 Å². The molecule has 108 valence electrons. The van der Waals surface area contributed by atoms with Crippen LogP contribution < -0.4 is 24.8 Å². The van der Waals surface area contributed by atoms with Crippen LogP contribution in [-0.2, 0) is 26.2 Å². The first-order valence-corrected chi connectivity index (χ1v) is 8.96. The summed E-state index contributed by atoms with van der Waals surface area (Å²) in [5, 5.41) is 0. The van der Waals surface area contributed by atoms with E-state index in [0.29, 0.717) is 5.92 Å². The smallest absolute Gasteiger partial charge is 1.00 e. The Kier molecular flexibility index (Phi) is 8.49. The molecule has 3 rings (SSSR count). The Hall–Kier alpha value is -0.0800. The Morgan fingerprint density at radius 1 is 1.19 bits per heavy atom. The van der Waals surface area contributed by atoms with E-state index in [0.717, 1.165) is 5.70 Å². The number of halogens is 2. The van der Waals surface area contributed by atoms with Crippen molar-refractivity contribution in [1.82, 2.24) is 0 Å². The fraction of sp³-hybridized carbons (Fsp3) is 0.250. The summed E-state index contributed by atoms with van der Waals surface area (Å²) in [6, 6.07) is 0. The molecule has 3 aliphatic rings. The van der Waals surface area contributed by atoms with E-state index in [-0.39, 0.29) is 51.0 Å². The van der Waals surface area contributed by atoms with E-state index in [9.17, 15) is 0 Å². The van der Waals surface area contributed by atoms with E-state index >= 15 is 0 Å². The number of hydrogen-bond donors (Lipinski definition) is 0. The SMILES string of the molecule is CC1=CC(C2=C3C=CC=C3N=C2C=[Si](C)C)C=C1.[Cl-].[Cl-].[Zr+2]. The van der Waals surface area contributed by atoms with E-state index in [4.69, 9.17) is 4.99 Å². The van der Waals surface area contributed by atoms with Crippen molar-refractivity contribution in [3.8, 4) is 0 Å². The number of aliphatic imine (C=N–C) groups is 1. The quantitative estimate of drug-likeness (QED) is 0.443. The van der Waals surface area contributed by atoms with Crippen LogP contribution in [0.5, 0.6) is 0 Å². The molecule has 0 bridgehead atoms. The second-order valence-corrected chi connectivity index (χ2v) is 7.70. The molecular weight excluding hydrogens is 396 g/mol. The summed E-state index contributed by atoms with van der Waals surface area (Å²) in [6.07, 6.45) is 13.2. The minimum Gasteiger partial charge on any atom is -1.00 e. The Morgan fingerprint density at radius 3 is 2.48 bits per heavy atom. The first-order chi connectivity index (χ1) is 8.65. The predicted molar refractivity (Wildman–Crippen MR) is 81.6 cm³/mol. The third-order valence-corrected chi connectivity index (χ3v) is 4.22. The molecule has 0 fully saturated rings. The third-order valence-electron chi connectivity index (χ3n) is 3.37. The topological polar surface area (TPSA) is 12.4 Å². The van der Waals surface area contributed by atoms with Gasteiger partial charge in [0.15, 0.2) is 0 Å². The van der Waals surface area contributed by atoms with Gasteiger partial charge in [0.05, 0.1) is 11.4 Å². The zero-order valence-electron chi connectivity index (χ0n) is 12.3. The van der Waals surface area contributed by atoms with Gasteiger partial charge in [-0.2, -0.15) is 0 Å². The monoisotopic (exact) mass is 411 g/mol. The van der Waals surface area contributed by atoms with Crippen molar-refractivity contribution in [2.24, 2.45) is 10.9 Å². The normalized spacial score (nSPS) is 20.7. The van der Waals surface area contributed by atoms with Gasteiger partial charge in [0.2, 0.25) is 0 Å². The van der Waals surface area contributed by atoms with Gasteiger partial charge in [-0.3, -0.25) is 0 Å². The van der Waals surface area contributed by atoms with E-state index < -0.39 is 8.41 Å². The Morgan fingerprint density at radius 2 is 1.90 bits per heavy atom. The van der Waals surface area contributed by atoms with Gasteiger partial charge in [-0.05, 0) is 18.6 Å². The summed E-state index contributed by atoms with van der Waals surface area (Å²) in [5.41, 5.74) is 8.80. The molecule has 1 aliphatic heterocycles. The standard InChI is InChI=1S/C16H17NSi.2ClH.Zr/c1-11-7-8-12(9-11)16-13-5-4-6-14(13)17-15(16)10-18(2)3;;;/h4-10,12H,1-3H3;2*1H;/q;;;+2/p-2. The van der Waals surface area contributed by atoms with E-state index in [1.165, 1.54) is 22.4 Å². The van der Waals surface area contributed by atoms with Crippen LogP contribution in [0.2, 0.25) is 13.1 Å². The van der Waals surface area contributed by atoms with Crippen LogP contribution in [-0.4, -0.2) is 19.8 Å². The Bertz CT molecular complexity index is 633. The van der Waals surface area contributed by atoms with E-state index in [1.807, 2.05) is 0 Å². The van der Waals surface area contributed by atoms with Gasteiger partial charge in [0, 0.05) is 19.9 Å². The van der Waals surface area contributed by atoms with Crippen molar-refractivity contribution in [1.29, 1.82) is 0 Å². The minimum atomic E-state index is -0.408.